The van der Waals surface area contributed by atoms with Crippen molar-refractivity contribution in [3.63, 3.8) is 0 Å². The van der Waals surface area contributed by atoms with Crippen LogP contribution >= 0.6 is 23.1 Å². The Morgan fingerprint density at radius 2 is 1.85 bits per heavy atom. The summed E-state index contributed by atoms with van der Waals surface area (Å²) >= 11 is 3.18. The molecule has 4 rings (SSSR count). The molecule has 7 heteroatoms. The van der Waals surface area contributed by atoms with Gasteiger partial charge in [0.1, 0.15) is 5.75 Å². The van der Waals surface area contributed by atoms with E-state index in [2.05, 4.69) is 39.8 Å². The van der Waals surface area contributed by atoms with Gasteiger partial charge in [-0.05, 0) is 29.8 Å². The fourth-order valence-electron chi connectivity index (χ4n) is 2.52. The van der Waals surface area contributed by atoms with Crippen molar-refractivity contribution in [2.45, 2.75) is 17.4 Å². The second-order valence-corrected chi connectivity index (χ2v) is 7.65. The number of benzene rings is 2. The topological polar surface area (TPSA) is 61.0 Å². The number of nitrogens with zero attached hydrogens (tertiary/aromatic N) is 3. The Morgan fingerprint density at radius 1 is 1.04 bits per heavy atom. The van der Waals surface area contributed by atoms with Gasteiger partial charge in [-0.2, -0.15) is 0 Å². The first-order valence-electron chi connectivity index (χ1n) is 8.38. The maximum atomic E-state index is 5.74. The Morgan fingerprint density at radius 3 is 2.63 bits per heavy atom. The third-order valence-electron chi connectivity index (χ3n) is 3.88. The van der Waals surface area contributed by atoms with E-state index in [1.165, 1.54) is 17.3 Å². The van der Waals surface area contributed by atoms with Crippen molar-refractivity contribution >= 4 is 23.1 Å². The average Bonchev–Trinajstić information content (AvgIpc) is 3.37. The van der Waals surface area contributed by atoms with Gasteiger partial charge in [0.05, 0.1) is 17.8 Å². The van der Waals surface area contributed by atoms with Gasteiger partial charge in [0.15, 0.2) is 0 Å². The minimum absolute atomic E-state index is 0.503. The zero-order chi connectivity index (χ0) is 18.5. The van der Waals surface area contributed by atoms with Crippen molar-refractivity contribution < 1.29 is 9.15 Å². The second kappa shape index (κ2) is 8.37. The number of aromatic nitrogens is 3. The molecule has 0 saturated carbocycles. The molecule has 2 aromatic heterocycles. The van der Waals surface area contributed by atoms with Crippen LogP contribution in [0.1, 0.15) is 16.3 Å². The quantitative estimate of drug-likeness (QED) is 0.407. The van der Waals surface area contributed by atoms with Crippen LogP contribution in [0.25, 0.3) is 11.5 Å². The lowest BCUT2D eigenvalue weighted by atomic mass is 10.2. The highest BCUT2D eigenvalue weighted by Gasteiger charge is 2.11. The third kappa shape index (κ3) is 4.56. The van der Waals surface area contributed by atoms with Gasteiger partial charge >= 0.3 is 0 Å². The lowest BCUT2D eigenvalue weighted by Crippen LogP contribution is -1.88. The van der Waals surface area contributed by atoms with Crippen LogP contribution < -0.4 is 4.74 Å². The molecule has 0 unspecified atom stereocenters. The van der Waals surface area contributed by atoms with Crippen molar-refractivity contribution in [3.8, 4) is 17.2 Å². The summed E-state index contributed by atoms with van der Waals surface area (Å²) in [6.45, 7) is 0. The molecule has 0 bridgehead atoms. The summed E-state index contributed by atoms with van der Waals surface area (Å²) in [5, 5.41) is 12.0. The van der Waals surface area contributed by atoms with E-state index >= 15 is 0 Å². The molecule has 0 aliphatic carbocycles. The summed E-state index contributed by atoms with van der Waals surface area (Å²) in [6, 6.07) is 17.9. The van der Waals surface area contributed by atoms with Gasteiger partial charge in [0.25, 0.3) is 5.22 Å². The third-order valence-corrected chi connectivity index (χ3v) is 5.63. The van der Waals surface area contributed by atoms with Crippen molar-refractivity contribution in [2.24, 2.45) is 0 Å². The maximum absolute atomic E-state index is 5.74. The number of thioether (sulfide) groups is 1. The van der Waals surface area contributed by atoms with E-state index < -0.39 is 0 Å². The van der Waals surface area contributed by atoms with E-state index in [-0.39, 0.29) is 0 Å². The van der Waals surface area contributed by atoms with E-state index in [1.54, 1.807) is 18.4 Å². The Balaban J connectivity index is 1.36. The normalized spacial score (nSPS) is 10.9. The maximum Gasteiger partial charge on any atom is 0.277 e. The van der Waals surface area contributed by atoms with Crippen molar-refractivity contribution in [2.75, 3.05) is 7.11 Å². The number of rotatable bonds is 7. The van der Waals surface area contributed by atoms with E-state index in [0.29, 0.717) is 16.9 Å². The van der Waals surface area contributed by atoms with Crippen LogP contribution in [-0.2, 0) is 12.2 Å². The summed E-state index contributed by atoms with van der Waals surface area (Å²) < 4.78 is 10.9. The first-order chi connectivity index (χ1) is 13.3. The molecular weight excluding hydrogens is 378 g/mol. The van der Waals surface area contributed by atoms with E-state index in [9.17, 15) is 0 Å². The minimum Gasteiger partial charge on any atom is -0.497 e. The van der Waals surface area contributed by atoms with Crippen LogP contribution in [0.2, 0.25) is 0 Å². The monoisotopic (exact) mass is 395 g/mol. The minimum atomic E-state index is 0.503. The summed E-state index contributed by atoms with van der Waals surface area (Å²) in [7, 11) is 1.64. The fraction of sp³-hybridized carbons (Fsp3) is 0.150. The SMILES string of the molecule is COc1ccc(-c2nnc(SCc3csc(Cc4ccccc4)n3)o2)cc1. The number of methoxy groups -OCH3 is 1. The second-order valence-electron chi connectivity index (χ2n) is 5.79. The molecule has 0 amide bonds. The smallest absolute Gasteiger partial charge is 0.277 e. The molecule has 0 aliphatic heterocycles. The zero-order valence-corrected chi connectivity index (χ0v) is 16.3. The first-order valence-corrected chi connectivity index (χ1v) is 10.2. The molecule has 2 aromatic carbocycles. The molecule has 0 radical (unpaired) electrons. The summed E-state index contributed by atoms with van der Waals surface area (Å²) in [4.78, 5) is 4.70. The Hall–Kier alpha value is -2.64. The molecule has 0 aliphatic rings. The van der Waals surface area contributed by atoms with Crippen LogP contribution in [0.15, 0.2) is 69.6 Å². The van der Waals surface area contributed by atoms with Gasteiger partial charge < -0.3 is 9.15 Å². The van der Waals surface area contributed by atoms with E-state index in [4.69, 9.17) is 14.1 Å². The predicted molar refractivity (Wildman–Crippen MR) is 107 cm³/mol. The van der Waals surface area contributed by atoms with Gasteiger partial charge in [-0.3, -0.25) is 0 Å². The Labute approximate surface area is 165 Å². The molecular formula is C20H17N3O2S2. The Kier molecular flexibility index (Phi) is 5.50. The average molecular weight is 396 g/mol. The highest BCUT2D eigenvalue weighted by molar-refractivity contribution is 7.98. The predicted octanol–water partition coefficient (Wildman–Crippen LogP) is 5.08. The standard InChI is InChI=1S/C20H17N3O2S2/c1-24-17-9-7-15(8-10-17)19-22-23-20(25-19)27-13-16-12-26-18(21-16)11-14-5-3-2-4-6-14/h2-10,12H,11,13H2,1H3. The number of thiazole rings is 1. The highest BCUT2D eigenvalue weighted by Crippen LogP contribution is 2.27. The Bertz CT molecular complexity index is 998. The molecule has 0 fully saturated rings. The van der Waals surface area contributed by atoms with Gasteiger partial charge in [-0.1, -0.05) is 42.1 Å². The summed E-state index contributed by atoms with van der Waals surface area (Å²) in [5.41, 5.74) is 3.17. The molecule has 0 saturated heterocycles. The molecule has 0 N–H and O–H groups in total. The van der Waals surface area contributed by atoms with Crippen molar-refractivity contribution in [1.82, 2.24) is 15.2 Å². The highest BCUT2D eigenvalue weighted by atomic mass is 32.2. The number of ether oxygens (including phenoxy) is 1. The first kappa shape index (κ1) is 17.8. The van der Waals surface area contributed by atoms with E-state index in [0.717, 1.165) is 28.4 Å². The molecule has 27 heavy (non-hydrogen) atoms. The summed E-state index contributed by atoms with van der Waals surface area (Å²) in [5.74, 6) is 2.00. The van der Waals surface area contributed by atoms with E-state index in [1.807, 2.05) is 30.3 Å². The van der Waals surface area contributed by atoms with Gasteiger partial charge in [0, 0.05) is 23.1 Å². The molecule has 0 spiro atoms. The molecule has 4 aromatic rings. The van der Waals surface area contributed by atoms with Crippen molar-refractivity contribution in [1.29, 1.82) is 0 Å². The van der Waals surface area contributed by atoms with Gasteiger partial charge in [0.2, 0.25) is 5.89 Å². The van der Waals surface area contributed by atoms with Crippen LogP contribution in [0.5, 0.6) is 5.75 Å². The number of hydrogen-bond acceptors (Lipinski definition) is 7. The summed E-state index contributed by atoms with van der Waals surface area (Å²) in [6.07, 6.45) is 0.859. The van der Waals surface area contributed by atoms with Crippen LogP contribution in [0.4, 0.5) is 0 Å². The van der Waals surface area contributed by atoms with Crippen molar-refractivity contribution in [3.05, 3.63) is 76.2 Å². The lowest BCUT2D eigenvalue weighted by Gasteiger charge is -1.99. The zero-order valence-electron chi connectivity index (χ0n) is 14.7. The largest absolute Gasteiger partial charge is 0.497 e. The molecule has 5 nitrogen and oxygen atoms in total. The van der Waals surface area contributed by atoms with Gasteiger partial charge in [-0.15, -0.1) is 21.5 Å². The van der Waals surface area contributed by atoms with Crippen LogP contribution in [0.3, 0.4) is 0 Å². The fourth-order valence-corrected chi connectivity index (χ4v) is 4.11. The van der Waals surface area contributed by atoms with Crippen LogP contribution in [-0.4, -0.2) is 22.3 Å². The number of hydrogen-bond donors (Lipinski definition) is 0. The lowest BCUT2D eigenvalue weighted by molar-refractivity contribution is 0.414. The molecule has 0 atom stereocenters. The molecule has 136 valence electrons. The van der Waals surface area contributed by atoms with Crippen LogP contribution in [0, 0.1) is 0 Å². The van der Waals surface area contributed by atoms with Gasteiger partial charge in [-0.25, -0.2) is 4.98 Å². The molecule has 2 heterocycles.